The summed E-state index contributed by atoms with van der Waals surface area (Å²) in [6.45, 7) is 6.05. The number of hydrogen-bond donors (Lipinski definition) is 4. The van der Waals surface area contributed by atoms with Gasteiger partial charge < -0.3 is 20.8 Å². The lowest BCUT2D eigenvalue weighted by atomic mass is 9.97. The SMILES string of the molecule is CC(C)(C)CNC(=O)NC[C@H](O)C(=O)O. The number of aliphatic carboxylic acids is 1. The van der Waals surface area contributed by atoms with E-state index in [9.17, 15) is 9.59 Å². The molecular weight excluding hydrogens is 200 g/mol. The number of carbonyl (C=O) groups excluding carboxylic acids is 1. The third-order valence-electron chi connectivity index (χ3n) is 1.52. The lowest BCUT2D eigenvalue weighted by Crippen LogP contribution is -2.44. The highest BCUT2D eigenvalue weighted by Crippen LogP contribution is 2.09. The molecule has 1 atom stereocenters. The van der Waals surface area contributed by atoms with E-state index in [2.05, 4.69) is 10.6 Å². The largest absolute Gasteiger partial charge is 0.479 e. The molecule has 0 aliphatic carbocycles. The van der Waals surface area contributed by atoms with E-state index >= 15 is 0 Å². The van der Waals surface area contributed by atoms with Gasteiger partial charge >= 0.3 is 12.0 Å². The van der Waals surface area contributed by atoms with Crippen molar-refractivity contribution in [1.29, 1.82) is 0 Å². The van der Waals surface area contributed by atoms with E-state index in [-0.39, 0.29) is 12.0 Å². The van der Waals surface area contributed by atoms with Gasteiger partial charge in [0.15, 0.2) is 6.10 Å². The molecule has 0 saturated heterocycles. The minimum atomic E-state index is -1.56. The summed E-state index contributed by atoms with van der Waals surface area (Å²) in [5.74, 6) is -1.36. The first-order valence-electron chi connectivity index (χ1n) is 4.65. The maximum atomic E-state index is 11.1. The lowest BCUT2D eigenvalue weighted by molar-refractivity contribution is -0.146. The summed E-state index contributed by atoms with van der Waals surface area (Å²) < 4.78 is 0. The Balaban J connectivity index is 3.72. The van der Waals surface area contributed by atoms with Crippen molar-refractivity contribution >= 4 is 12.0 Å². The van der Waals surface area contributed by atoms with Crippen molar-refractivity contribution in [3.8, 4) is 0 Å². The zero-order chi connectivity index (χ0) is 12.1. The average Bonchev–Trinajstić information content (AvgIpc) is 2.09. The Kier molecular flexibility index (Phi) is 5.07. The third kappa shape index (κ3) is 7.75. The number of amides is 2. The van der Waals surface area contributed by atoms with Gasteiger partial charge in [-0.25, -0.2) is 9.59 Å². The first-order chi connectivity index (χ1) is 6.72. The fourth-order valence-electron chi connectivity index (χ4n) is 0.685. The van der Waals surface area contributed by atoms with Crippen LogP contribution >= 0.6 is 0 Å². The number of aliphatic hydroxyl groups excluding tert-OH is 1. The van der Waals surface area contributed by atoms with Crippen molar-refractivity contribution in [2.45, 2.75) is 26.9 Å². The van der Waals surface area contributed by atoms with Gasteiger partial charge in [-0.1, -0.05) is 20.8 Å². The van der Waals surface area contributed by atoms with E-state index in [0.717, 1.165) is 0 Å². The molecule has 0 bridgehead atoms. The number of carbonyl (C=O) groups is 2. The van der Waals surface area contributed by atoms with Crippen molar-refractivity contribution < 1.29 is 19.8 Å². The molecule has 0 saturated carbocycles. The Morgan fingerprint density at radius 3 is 2.20 bits per heavy atom. The first-order valence-corrected chi connectivity index (χ1v) is 4.65. The van der Waals surface area contributed by atoms with Gasteiger partial charge in [-0.05, 0) is 5.41 Å². The van der Waals surface area contributed by atoms with Gasteiger partial charge in [0, 0.05) is 6.54 Å². The molecule has 4 N–H and O–H groups in total. The summed E-state index contributed by atoms with van der Waals surface area (Å²) in [6.07, 6.45) is -1.56. The Morgan fingerprint density at radius 2 is 1.80 bits per heavy atom. The molecule has 0 spiro atoms. The predicted molar refractivity (Wildman–Crippen MR) is 54.5 cm³/mol. The number of hydrogen-bond acceptors (Lipinski definition) is 3. The van der Waals surface area contributed by atoms with Crippen molar-refractivity contribution in [3.63, 3.8) is 0 Å². The first kappa shape index (κ1) is 13.7. The fourth-order valence-corrected chi connectivity index (χ4v) is 0.685. The second kappa shape index (κ2) is 5.55. The molecule has 15 heavy (non-hydrogen) atoms. The molecule has 0 aliphatic heterocycles. The molecule has 0 aliphatic rings. The zero-order valence-corrected chi connectivity index (χ0v) is 9.20. The number of nitrogens with one attached hydrogen (secondary N) is 2. The Morgan fingerprint density at radius 1 is 1.27 bits per heavy atom. The number of aliphatic hydroxyl groups is 1. The summed E-state index contributed by atoms with van der Waals surface area (Å²) in [6, 6.07) is -0.481. The standard InChI is InChI=1S/C9H18N2O4/c1-9(2,3)5-11-8(15)10-4-6(12)7(13)14/h6,12H,4-5H2,1-3H3,(H,13,14)(H2,10,11,15)/t6-/m0/s1. The number of urea groups is 1. The van der Waals surface area contributed by atoms with Gasteiger partial charge in [0.1, 0.15) is 0 Å². The van der Waals surface area contributed by atoms with Crippen LogP contribution < -0.4 is 10.6 Å². The molecule has 2 amide bonds. The zero-order valence-electron chi connectivity index (χ0n) is 9.20. The molecule has 0 radical (unpaired) electrons. The lowest BCUT2D eigenvalue weighted by Gasteiger charge is -2.19. The van der Waals surface area contributed by atoms with Crippen LogP contribution in [0.15, 0.2) is 0 Å². The Hall–Kier alpha value is -1.30. The van der Waals surface area contributed by atoms with Crippen molar-refractivity contribution in [2.75, 3.05) is 13.1 Å². The van der Waals surface area contributed by atoms with Gasteiger partial charge in [-0.15, -0.1) is 0 Å². The minimum absolute atomic E-state index is 0.0389. The molecule has 0 unspecified atom stereocenters. The van der Waals surface area contributed by atoms with Crippen LogP contribution in [0.1, 0.15) is 20.8 Å². The highest BCUT2D eigenvalue weighted by molar-refractivity contribution is 5.76. The molecule has 88 valence electrons. The summed E-state index contributed by atoms with van der Waals surface area (Å²) in [7, 11) is 0. The molecule has 0 heterocycles. The van der Waals surface area contributed by atoms with Gasteiger partial charge in [-0.2, -0.15) is 0 Å². The van der Waals surface area contributed by atoms with Crippen molar-refractivity contribution in [2.24, 2.45) is 5.41 Å². The van der Waals surface area contributed by atoms with E-state index in [1.807, 2.05) is 20.8 Å². The van der Waals surface area contributed by atoms with E-state index in [0.29, 0.717) is 6.54 Å². The molecule has 6 nitrogen and oxygen atoms in total. The summed E-state index contributed by atoms with van der Waals surface area (Å²) in [4.78, 5) is 21.3. The number of rotatable bonds is 4. The topological polar surface area (TPSA) is 98.7 Å². The van der Waals surface area contributed by atoms with Crippen molar-refractivity contribution in [3.05, 3.63) is 0 Å². The van der Waals surface area contributed by atoms with Crippen LogP contribution in [-0.4, -0.2) is 41.4 Å². The number of carboxylic acid groups (broad SMARTS) is 1. The van der Waals surface area contributed by atoms with E-state index in [1.165, 1.54) is 0 Å². The monoisotopic (exact) mass is 218 g/mol. The Labute approximate surface area is 88.7 Å². The van der Waals surface area contributed by atoms with Crippen LogP contribution in [0.4, 0.5) is 4.79 Å². The highest BCUT2D eigenvalue weighted by Gasteiger charge is 2.15. The second-order valence-electron chi connectivity index (χ2n) is 4.48. The van der Waals surface area contributed by atoms with Crippen LogP contribution in [0.3, 0.4) is 0 Å². The maximum absolute atomic E-state index is 11.1. The third-order valence-corrected chi connectivity index (χ3v) is 1.52. The minimum Gasteiger partial charge on any atom is -0.479 e. The Bertz CT molecular complexity index is 235. The van der Waals surface area contributed by atoms with Crippen LogP contribution in [-0.2, 0) is 4.79 Å². The van der Waals surface area contributed by atoms with Crippen LogP contribution in [0, 0.1) is 5.41 Å². The summed E-state index contributed by atoms with van der Waals surface area (Å²) in [5, 5.41) is 22.0. The maximum Gasteiger partial charge on any atom is 0.334 e. The molecule has 0 aromatic carbocycles. The molecular formula is C9H18N2O4. The van der Waals surface area contributed by atoms with Crippen LogP contribution in [0.2, 0.25) is 0 Å². The van der Waals surface area contributed by atoms with Crippen molar-refractivity contribution in [1.82, 2.24) is 10.6 Å². The smallest absolute Gasteiger partial charge is 0.334 e. The molecule has 0 fully saturated rings. The molecule has 0 rings (SSSR count). The van der Waals surface area contributed by atoms with E-state index in [1.54, 1.807) is 0 Å². The normalized spacial score (nSPS) is 13.1. The van der Waals surface area contributed by atoms with Gasteiger partial charge in [-0.3, -0.25) is 0 Å². The molecule has 0 aromatic heterocycles. The predicted octanol–water partition coefficient (Wildman–Crippen LogP) is -0.223. The summed E-state index contributed by atoms with van der Waals surface area (Å²) in [5.41, 5.74) is -0.0389. The second-order valence-corrected chi connectivity index (χ2v) is 4.48. The van der Waals surface area contributed by atoms with Crippen LogP contribution in [0.5, 0.6) is 0 Å². The van der Waals surface area contributed by atoms with E-state index in [4.69, 9.17) is 10.2 Å². The summed E-state index contributed by atoms with van der Waals surface area (Å²) >= 11 is 0. The molecule has 0 aromatic rings. The van der Waals surface area contributed by atoms with Gasteiger partial charge in [0.25, 0.3) is 0 Å². The number of carboxylic acids is 1. The van der Waals surface area contributed by atoms with Gasteiger partial charge in [0.05, 0.1) is 6.54 Å². The van der Waals surface area contributed by atoms with E-state index < -0.39 is 18.1 Å². The van der Waals surface area contributed by atoms with Gasteiger partial charge in [0.2, 0.25) is 0 Å². The fraction of sp³-hybridized carbons (Fsp3) is 0.778. The molecule has 6 heteroatoms. The highest BCUT2D eigenvalue weighted by atomic mass is 16.4. The van der Waals surface area contributed by atoms with Crippen LogP contribution in [0.25, 0.3) is 0 Å². The quantitative estimate of drug-likeness (QED) is 0.524. The average molecular weight is 218 g/mol.